The highest BCUT2D eigenvalue weighted by Gasteiger charge is 2.26. The van der Waals surface area contributed by atoms with Gasteiger partial charge in [0.15, 0.2) is 5.76 Å². The van der Waals surface area contributed by atoms with Crippen molar-refractivity contribution in [1.29, 1.82) is 0 Å². The summed E-state index contributed by atoms with van der Waals surface area (Å²) in [7, 11) is 0. The van der Waals surface area contributed by atoms with Gasteiger partial charge in [0.05, 0.1) is 6.61 Å². The lowest BCUT2D eigenvalue weighted by Crippen LogP contribution is -2.26. The fourth-order valence-corrected chi connectivity index (χ4v) is 3.96. The molecule has 0 N–H and O–H groups in total. The van der Waals surface area contributed by atoms with E-state index in [-0.39, 0.29) is 12.4 Å². The maximum Gasteiger partial charge on any atom is 0.255 e. The number of thiophene rings is 1. The molecule has 1 atom stereocenters. The van der Waals surface area contributed by atoms with Crippen LogP contribution in [0.3, 0.4) is 0 Å². The van der Waals surface area contributed by atoms with Gasteiger partial charge in [-0.05, 0) is 23.6 Å². The molecule has 1 aromatic carbocycles. The first-order valence-corrected chi connectivity index (χ1v) is 10.0. The summed E-state index contributed by atoms with van der Waals surface area (Å²) in [6.45, 7) is 0.634. The van der Waals surface area contributed by atoms with Crippen LogP contribution in [0.15, 0.2) is 76.9 Å². The number of benzene rings is 1. The average molecular weight is 416 g/mol. The number of aromatic nitrogens is 1. The molecule has 0 aliphatic carbocycles. The molecule has 28 heavy (non-hydrogen) atoms. The van der Waals surface area contributed by atoms with Gasteiger partial charge in [0.25, 0.3) is 5.56 Å². The smallest absolute Gasteiger partial charge is 0.255 e. The number of nitrogens with zero attached hydrogens (tertiary/aromatic N) is 1. The molecule has 0 spiro atoms. The van der Waals surface area contributed by atoms with E-state index in [1.807, 2.05) is 29.6 Å². The van der Waals surface area contributed by atoms with Gasteiger partial charge in [-0.3, -0.25) is 4.79 Å². The molecule has 5 nitrogen and oxygen atoms in total. The van der Waals surface area contributed by atoms with Crippen molar-refractivity contribution in [3.63, 3.8) is 0 Å². The monoisotopic (exact) mass is 415 g/mol. The Kier molecular flexibility index (Phi) is 5.69. The number of hydrogen-bond acceptors (Lipinski definition) is 5. The SMILES string of the molecule is O=c1cc(OCCc2cccs2)ccn1C(C1=COCO1)c1ccccc1Cl. The normalized spacial score (nSPS) is 14.1. The van der Waals surface area contributed by atoms with Gasteiger partial charge >= 0.3 is 0 Å². The second-order valence-corrected chi connectivity index (χ2v) is 7.60. The third kappa shape index (κ3) is 4.08. The van der Waals surface area contributed by atoms with Gasteiger partial charge in [0, 0.05) is 34.1 Å². The van der Waals surface area contributed by atoms with Gasteiger partial charge in [-0.15, -0.1) is 11.3 Å². The van der Waals surface area contributed by atoms with Crippen LogP contribution >= 0.6 is 22.9 Å². The predicted octanol–water partition coefficient (Wildman–Crippen LogP) is 4.62. The van der Waals surface area contributed by atoms with E-state index in [0.717, 1.165) is 12.0 Å². The molecule has 0 saturated carbocycles. The third-order valence-corrected chi connectivity index (χ3v) is 5.64. The maximum absolute atomic E-state index is 12.8. The van der Waals surface area contributed by atoms with Crippen LogP contribution in [0.1, 0.15) is 16.5 Å². The number of halogens is 1. The fourth-order valence-electron chi connectivity index (χ4n) is 3.03. The Morgan fingerprint density at radius 1 is 1.21 bits per heavy atom. The molecule has 1 aliphatic rings. The molecular formula is C21H18ClNO4S. The summed E-state index contributed by atoms with van der Waals surface area (Å²) in [5, 5.41) is 2.58. The van der Waals surface area contributed by atoms with Crippen LogP contribution < -0.4 is 10.3 Å². The van der Waals surface area contributed by atoms with E-state index in [2.05, 4.69) is 6.07 Å². The Hall–Kier alpha value is -2.70. The van der Waals surface area contributed by atoms with Crippen molar-refractivity contribution in [2.24, 2.45) is 0 Å². The predicted molar refractivity (Wildman–Crippen MR) is 109 cm³/mol. The van der Waals surface area contributed by atoms with Crippen LogP contribution in [0, 0.1) is 0 Å². The van der Waals surface area contributed by atoms with E-state index < -0.39 is 6.04 Å². The van der Waals surface area contributed by atoms with E-state index in [1.165, 1.54) is 17.2 Å². The first-order chi connectivity index (χ1) is 13.7. The van der Waals surface area contributed by atoms with Crippen molar-refractivity contribution in [2.75, 3.05) is 13.4 Å². The van der Waals surface area contributed by atoms with Gasteiger partial charge in [0.1, 0.15) is 18.1 Å². The van der Waals surface area contributed by atoms with E-state index in [1.54, 1.807) is 34.2 Å². The lowest BCUT2D eigenvalue weighted by atomic mass is 10.0. The standard InChI is InChI=1S/C21H18ClNO4S/c22-18-6-2-1-5-17(18)21(19-13-25-14-27-19)23-9-7-15(12-20(23)24)26-10-8-16-4-3-11-28-16/h1-7,9,11-13,21H,8,10,14H2. The molecule has 0 saturated heterocycles. The third-order valence-electron chi connectivity index (χ3n) is 4.36. The molecule has 0 fully saturated rings. The minimum absolute atomic E-state index is 0.120. The molecule has 0 amide bonds. The van der Waals surface area contributed by atoms with Crippen LogP contribution in [-0.4, -0.2) is 18.0 Å². The average Bonchev–Trinajstić information content (AvgIpc) is 3.39. The van der Waals surface area contributed by atoms with Crippen molar-refractivity contribution < 1.29 is 14.2 Å². The molecule has 144 valence electrons. The van der Waals surface area contributed by atoms with Gasteiger partial charge in [-0.2, -0.15) is 0 Å². The summed E-state index contributed by atoms with van der Waals surface area (Å²) in [6.07, 6.45) is 4.02. The van der Waals surface area contributed by atoms with Crippen LogP contribution in [0.2, 0.25) is 5.02 Å². The Morgan fingerprint density at radius 3 is 2.82 bits per heavy atom. The Morgan fingerprint density at radius 2 is 2.11 bits per heavy atom. The van der Waals surface area contributed by atoms with Crippen molar-refractivity contribution in [3.8, 4) is 5.75 Å². The van der Waals surface area contributed by atoms with Crippen LogP contribution in [0.4, 0.5) is 0 Å². The summed E-state index contributed by atoms with van der Waals surface area (Å²) in [5.74, 6) is 1.06. The zero-order valence-electron chi connectivity index (χ0n) is 14.9. The first kappa shape index (κ1) is 18.7. The number of pyridine rings is 1. The Bertz CT molecular complexity index is 1030. The molecule has 1 unspecified atom stereocenters. The molecule has 3 aromatic rings. The lowest BCUT2D eigenvalue weighted by Gasteiger charge is -2.21. The maximum atomic E-state index is 12.8. The zero-order chi connectivity index (χ0) is 19.3. The van der Waals surface area contributed by atoms with Crippen LogP contribution in [-0.2, 0) is 15.9 Å². The summed E-state index contributed by atoms with van der Waals surface area (Å²) in [5.41, 5.74) is 0.546. The molecule has 1 aliphatic heterocycles. The topological polar surface area (TPSA) is 49.7 Å². The highest BCUT2D eigenvalue weighted by atomic mass is 35.5. The highest BCUT2D eigenvalue weighted by Crippen LogP contribution is 2.33. The minimum atomic E-state index is -0.510. The molecule has 3 heterocycles. The summed E-state index contributed by atoms with van der Waals surface area (Å²) in [4.78, 5) is 14.1. The largest absolute Gasteiger partial charge is 0.493 e. The molecule has 2 aromatic heterocycles. The second kappa shape index (κ2) is 8.54. The molecule has 0 bridgehead atoms. The number of ether oxygens (including phenoxy) is 3. The molecular weight excluding hydrogens is 398 g/mol. The number of allylic oxidation sites excluding steroid dienone is 1. The fraction of sp³-hybridized carbons (Fsp3) is 0.190. The quantitative estimate of drug-likeness (QED) is 0.565. The van der Waals surface area contributed by atoms with Gasteiger partial charge < -0.3 is 18.8 Å². The van der Waals surface area contributed by atoms with Gasteiger partial charge in [-0.1, -0.05) is 35.9 Å². The van der Waals surface area contributed by atoms with Crippen LogP contribution in [0.5, 0.6) is 5.75 Å². The van der Waals surface area contributed by atoms with Crippen molar-refractivity contribution >= 4 is 22.9 Å². The molecule has 7 heteroatoms. The summed E-state index contributed by atoms with van der Waals surface area (Å²) in [6, 6.07) is 14.2. The minimum Gasteiger partial charge on any atom is -0.493 e. The lowest BCUT2D eigenvalue weighted by molar-refractivity contribution is 0.0735. The zero-order valence-corrected chi connectivity index (χ0v) is 16.5. The van der Waals surface area contributed by atoms with Crippen molar-refractivity contribution in [2.45, 2.75) is 12.5 Å². The Balaban J connectivity index is 1.58. The molecule has 0 radical (unpaired) electrons. The second-order valence-electron chi connectivity index (χ2n) is 6.16. The molecule has 4 rings (SSSR count). The van der Waals surface area contributed by atoms with E-state index in [9.17, 15) is 4.79 Å². The van der Waals surface area contributed by atoms with Crippen LogP contribution in [0.25, 0.3) is 0 Å². The van der Waals surface area contributed by atoms with E-state index in [0.29, 0.717) is 23.1 Å². The summed E-state index contributed by atoms with van der Waals surface area (Å²) >= 11 is 8.08. The van der Waals surface area contributed by atoms with Gasteiger partial charge in [-0.25, -0.2) is 0 Å². The first-order valence-electron chi connectivity index (χ1n) is 8.78. The number of rotatable bonds is 7. The highest BCUT2D eigenvalue weighted by molar-refractivity contribution is 7.09. The van der Waals surface area contributed by atoms with Gasteiger partial charge in [0.2, 0.25) is 6.79 Å². The Labute approximate surface area is 171 Å². The summed E-state index contributed by atoms with van der Waals surface area (Å²) < 4.78 is 18.1. The van der Waals surface area contributed by atoms with Crippen molar-refractivity contribution in [1.82, 2.24) is 4.57 Å². The number of hydrogen-bond donors (Lipinski definition) is 0. The van der Waals surface area contributed by atoms with E-state index >= 15 is 0 Å². The van der Waals surface area contributed by atoms with Crippen molar-refractivity contribution in [3.05, 3.63) is 97.9 Å². The van der Waals surface area contributed by atoms with E-state index in [4.69, 9.17) is 25.8 Å².